The summed E-state index contributed by atoms with van der Waals surface area (Å²) in [6.45, 7) is 4.81. The largest absolute Gasteiger partial charge is 0.478 e. The number of aliphatic hydroxyl groups is 1. The Morgan fingerprint density at radius 2 is 1.66 bits per heavy atom. The summed E-state index contributed by atoms with van der Waals surface area (Å²) in [4.78, 5) is 28.1. The second kappa shape index (κ2) is 13.7. The van der Waals surface area contributed by atoms with Gasteiger partial charge in [0.05, 0.1) is 23.5 Å². The van der Waals surface area contributed by atoms with Gasteiger partial charge in [-0.15, -0.1) is 0 Å². The minimum Gasteiger partial charge on any atom is -0.478 e. The van der Waals surface area contributed by atoms with Crippen molar-refractivity contribution >= 4 is 35.1 Å². The number of hydrogen-bond acceptors (Lipinski definition) is 7. The van der Waals surface area contributed by atoms with Crippen LogP contribution in [-0.2, 0) is 15.8 Å². The average Bonchev–Trinajstić information content (AvgIpc) is 2.94. The summed E-state index contributed by atoms with van der Waals surface area (Å²) in [6.07, 6.45) is 1.07. The van der Waals surface area contributed by atoms with Crippen LogP contribution in [-0.4, -0.2) is 88.5 Å². The zero-order chi connectivity index (χ0) is 29.6. The van der Waals surface area contributed by atoms with E-state index in [2.05, 4.69) is 14.7 Å². The number of aliphatic hydroxyl groups excluding tert-OH is 1. The number of alkyl halides is 3. The van der Waals surface area contributed by atoms with E-state index in [-0.39, 0.29) is 6.61 Å². The molecule has 0 radical (unpaired) electrons. The van der Waals surface area contributed by atoms with Crippen molar-refractivity contribution < 1.29 is 38.1 Å². The van der Waals surface area contributed by atoms with Gasteiger partial charge in [-0.3, -0.25) is 4.90 Å². The standard InChI is InChI=1S/C25H30F3N3OS.C4H4O4/c26-25(27,28)18-9-10-24-22(15-18)31(21-7-1-2-8-23(21)33-24)12-4-11-29-13-14-30-19(16-29)5-3-6-20(30)17-32;5-3(6)1-2-4(7)8/h1-2,7-10,15,19-20,32H,3-6,11-14,16-17H2;1-2H,(H,5,6)(H,7,8)/b;2-1-. The molecule has 3 aliphatic heterocycles. The third-order valence-electron chi connectivity index (χ3n) is 7.54. The monoisotopic (exact) mass is 593 g/mol. The minimum absolute atomic E-state index is 0.238. The number of nitrogens with zero attached hydrogens (tertiary/aromatic N) is 3. The van der Waals surface area contributed by atoms with Crippen molar-refractivity contribution in [3.05, 3.63) is 60.2 Å². The van der Waals surface area contributed by atoms with E-state index < -0.39 is 23.7 Å². The Balaban J connectivity index is 0.000000426. The molecule has 0 saturated carbocycles. The SMILES string of the molecule is O=C(O)/C=C\C(=O)O.OCC1CCCC2CN(CCCN3c4ccccc4Sc4ccc(C(F)(F)F)cc43)CCN12. The number of carboxylic acids is 2. The first kappa shape index (κ1) is 30.9. The average molecular weight is 594 g/mol. The Morgan fingerprint density at radius 3 is 2.34 bits per heavy atom. The van der Waals surface area contributed by atoms with E-state index >= 15 is 0 Å². The maximum Gasteiger partial charge on any atom is 0.416 e. The van der Waals surface area contributed by atoms with Crippen molar-refractivity contribution in [2.45, 2.75) is 53.7 Å². The first-order valence-electron chi connectivity index (χ1n) is 13.6. The van der Waals surface area contributed by atoms with Gasteiger partial charge in [0.1, 0.15) is 0 Å². The van der Waals surface area contributed by atoms with Gasteiger partial charge in [0.2, 0.25) is 0 Å². The first-order chi connectivity index (χ1) is 19.6. The molecule has 3 aliphatic rings. The maximum atomic E-state index is 13.4. The highest BCUT2D eigenvalue weighted by Gasteiger charge is 2.35. The molecule has 41 heavy (non-hydrogen) atoms. The lowest BCUT2D eigenvalue weighted by atomic mass is 9.93. The van der Waals surface area contributed by atoms with Crippen molar-refractivity contribution in [2.75, 3.05) is 44.2 Å². The van der Waals surface area contributed by atoms with E-state index in [4.69, 9.17) is 10.2 Å². The van der Waals surface area contributed by atoms with Crippen LogP contribution in [0.15, 0.2) is 64.4 Å². The normalized spacial score (nSPS) is 20.9. The third-order valence-corrected chi connectivity index (χ3v) is 8.67. The Hall–Kier alpha value is -3.06. The van der Waals surface area contributed by atoms with E-state index in [1.807, 2.05) is 24.3 Å². The lowest BCUT2D eigenvalue weighted by Crippen LogP contribution is -2.59. The van der Waals surface area contributed by atoms with Crippen molar-refractivity contribution in [3.8, 4) is 0 Å². The summed E-state index contributed by atoms with van der Waals surface area (Å²) in [5, 5.41) is 25.3. The topological polar surface area (TPSA) is 105 Å². The minimum atomic E-state index is -4.35. The second-order valence-corrected chi connectivity index (χ2v) is 11.3. The molecule has 3 N–H and O–H groups in total. The van der Waals surface area contributed by atoms with Crippen molar-refractivity contribution in [2.24, 2.45) is 0 Å². The molecule has 2 aromatic carbocycles. The fraction of sp³-hybridized carbons (Fsp3) is 0.448. The predicted molar refractivity (Wildman–Crippen MR) is 150 cm³/mol. The van der Waals surface area contributed by atoms with Crippen LogP contribution in [0, 0.1) is 0 Å². The molecule has 2 atom stereocenters. The number of carboxylic acid groups (broad SMARTS) is 2. The number of piperidine rings is 1. The highest BCUT2D eigenvalue weighted by molar-refractivity contribution is 7.99. The molecule has 0 amide bonds. The summed E-state index contributed by atoms with van der Waals surface area (Å²) in [5.74, 6) is -2.51. The molecule has 8 nitrogen and oxygen atoms in total. The number of aliphatic carboxylic acids is 2. The first-order valence-corrected chi connectivity index (χ1v) is 14.4. The smallest absolute Gasteiger partial charge is 0.416 e. The number of benzene rings is 2. The molecular formula is C29H34F3N3O5S. The summed E-state index contributed by atoms with van der Waals surface area (Å²) in [6, 6.07) is 12.8. The van der Waals surface area contributed by atoms with Gasteiger partial charge in [-0.2, -0.15) is 13.2 Å². The molecule has 222 valence electrons. The number of hydrogen-bond donors (Lipinski definition) is 3. The van der Waals surface area contributed by atoms with Gasteiger partial charge in [-0.05, 0) is 56.1 Å². The van der Waals surface area contributed by atoms with Crippen LogP contribution in [0.2, 0.25) is 0 Å². The van der Waals surface area contributed by atoms with Crippen molar-refractivity contribution in [1.82, 2.24) is 9.80 Å². The van der Waals surface area contributed by atoms with Gasteiger partial charge in [0, 0.05) is 60.2 Å². The van der Waals surface area contributed by atoms with E-state index in [0.717, 1.165) is 54.5 Å². The summed E-state index contributed by atoms with van der Waals surface area (Å²) in [7, 11) is 0. The van der Waals surface area contributed by atoms with Gasteiger partial charge in [0.25, 0.3) is 0 Å². The Morgan fingerprint density at radius 1 is 0.951 bits per heavy atom. The molecular weight excluding hydrogens is 559 g/mol. The zero-order valence-corrected chi connectivity index (χ0v) is 23.3. The number of carbonyl (C=O) groups is 2. The molecule has 2 saturated heterocycles. The molecule has 3 heterocycles. The summed E-state index contributed by atoms with van der Waals surface area (Å²) >= 11 is 1.54. The lowest BCUT2D eigenvalue weighted by molar-refractivity contribution is -0.137. The molecule has 2 fully saturated rings. The number of para-hydroxylation sites is 1. The summed E-state index contributed by atoms with van der Waals surface area (Å²) in [5.41, 5.74) is 1.03. The van der Waals surface area contributed by atoms with Crippen LogP contribution in [0.25, 0.3) is 0 Å². The van der Waals surface area contributed by atoms with Crippen LogP contribution in [0.3, 0.4) is 0 Å². The number of piperazine rings is 1. The van der Waals surface area contributed by atoms with Crippen LogP contribution in [0.5, 0.6) is 0 Å². The number of anilines is 2. The van der Waals surface area contributed by atoms with Crippen LogP contribution < -0.4 is 4.90 Å². The van der Waals surface area contributed by atoms with Gasteiger partial charge in [0.15, 0.2) is 0 Å². The molecule has 0 spiro atoms. The predicted octanol–water partition coefficient (Wildman–Crippen LogP) is 4.94. The number of halogens is 3. The van der Waals surface area contributed by atoms with Crippen molar-refractivity contribution in [3.63, 3.8) is 0 Å². The molecule has 0 aromatic heterocycles. The second-order valence-electron chi connectivity index (χ2n) is 10.2. The highest BCUT2D eigenvalue weighted by Crippen LogP contribution is 2.49. The molecule has 5 rings (SSSR count). The van der Waals surface area contributed by atoms with E-state index in [0.29, 0.717) is 36.5 Å². The molecule has 12 heteroatoms. The van der Waals surface area contributed by atoms with Gasteiger partial charge in [-0.1, -0.05) is 30.3 Å². The quantitative estimate of drug-likeness (QED) is 0.385. The Kier molecular flexibility index (Phi) is 10.3. The van der Waals surface area contributed by atoms with E-state index in [1.54, 1.807) is 6.07 Å². The molecule has 0 aliphatic carbocycles. The molecule has 0 bridgehead atoms. The van der Waals surface area contributed by atoms with Gasteiger partial charge in [-0.25, -0.2) is 9.59 Å². The van der Waals surface area contributed by atoms with Crippen LogP contribution in [0.4, 0.5) is 24.5 Å². The fourth-order valence-corrected chi connectivity index (χ4v) is 6.74. The summed E-state index contributed by atoms with van der Waals surface area (Å²) < 4.78 is 40.2. The molecule has 2 unspecified atom stereocenters. The van der Waals surface area contributed by atoms with Gasteiger partial charge < -0.3 is 25.1 Å². The van der Waals surface area contributed by atoms with Crippen molar-refractivity contribution in [1.29, 1.82) is 0 Å². The number of fused-ring (bicyclic) bond motifs is 3. The molecule has 2 aromatic rings. The third kappa shape index (κ3) is 8.03. The lowest BCUT2D eigenvalue weighted by Gasteiger charge is -2.48. The fourth-order valence-electron chi connectivity index (χ4n) is 5.67. The van der Waals surface area contributed by atoms with E-state index in [9.17, 15) is 27.9 Å². The zero-order valence-electron chi connectivity index (χ0n) is 22.5. The van der Waals surface area contributed by atoms with Crippen LogP contribution >= 0.6 is 11.8 Å². The highest BCUT2D eigenvalue weighted by atomic mass is 32.2. The maximum absolute atomic E-state index is 13.4. The van der Waals surface area contributed by atoms with Gasteiger partial charge >= 0.3 is 18.1 Å². The number of rotatable bonds is 7. The Bertz CT molecular complexity index is 1240. The Labute approximate surface area is 241 Å². The van der Waals surface area contributed by atoms with Crippen LogP contribution in [0.1, 0.15) is 31.2 Å². The van der Waals surface area contributed by atoms with E-state index in [1.165, 1.54) is 36.7 Å².